The van der Waals surface area contributed by atoms with Crippen LogP contribution in [0, 0.1) is 26.6 Å². The number of allylic oxidation sites excluding steroid dienone is 3. The van der Waals surface area contributed by atoms with E-state index in [1.807, 2.05) is 0 Å². The van der Waals surface area contributed by atoms with Gasteiger partial charge in [0.1, 0.15) is 5.71 Å². The molecule has 0 spiro atoms. The van der Waals surface area contributed by atoms with Crippen molar-refractivity contribution >= 4 is 17.7 Å². The van der Waals surface area contributed by atoms with Gasteiger partial charge >= 0.3 is 6.42 Å². The topological polar surface area (TPSA) is 7.94 Å². The fourth-order valence-electron chi connectivity index (χ4n) is 4.66. The van der Waals surface area contributed by atoms with Crippen molar-refractivity contribution in [3.05, 3.63) is 47.2 Å². The van der Waals surface area contributed by atoms with E-state index < -0.39 is 6.42 Å². The van der Waals surface area contributed by atoms with Gasteiger partial charge in [-0.1, -0.05) is 13.8 Å². The smallest absolute Gasteiger partial charge is 0.413 e. The van der Waals surface area contributed by atoms with Gasteiger partial charge in [-0.05, 0) is 64.1 Å². The summed E-state index contributed by atoms with van der Waals surface area (Å²) in [5.74, 6) is 0.641. The molecule has 0 amide bonds. The van der Waals surface area contributed by atoms with Crippen molar-refractivity contribution in [2.75, 3.05) is 0 Å². The molecule has 116 valence electrons. The van der Waals surface area contributed by atoms with Crippen LogP contribution < -0.4 is 0 Å². The molecule has 0 N–H and O–H groups in total. The average Bonchev–Trinajstić information content (AvgIpc) is 2.83. The van der Waals surface area contributed by atoms with Crippen molar-refractivity contribution in [2.24, 2.45) is 5.92 Å². The lowest BCUT2D eigenvalue weighted by molar-refractivity contribution is -0.334. The van der Waals surface area contributed by atoms with Crippen LogP contribution in [0.4, 0.5) is 0 Å². The molecule has 0 bridgehead atoms. The molecule has 1 aromatic heterocycles. The summed E-state index contributed by atoms with van der Waals surface area (Å²) in [5, 5.41) is 0. The zero-order chi connectivity index (χ0) is 16.4. The molecule has 0 saturated carbocycles. The first-order valence-corrected chi connectivity index (χ1v) is 8.47. The van der Waals surface area contributed by atoms with Gasteiger partial charge in [-0.15, -0.1) is 0 Å². The quantitative estimate of drug-likeness (QED) is 0.556. The molecular formula is C19H28BN2+. The van der Waals surface area contributed by atoms with E-state index in [1.54, 1.807) is 0 Å². The van der Waals surface area contributed by atoms with E-state index in [-0.39, 0.29) is 0 Å². The van der Waals surface area contributed by atoms with E-state index in [0.717, 1.165) is 6.42 Å². The van der Waals surface area contributed by atoms with Crippen molar-refractivity contribution in [1.29, 1.82) is 0 Å². The lowest BCUT2D eigenvalue weighted by Gasteiger charge is -2.35. The third kappa shape index (κ3) is 1.87. The molecule has 1 unspecified atom stereocenters. The van der Waals surface area contributed by atoms with Gasteiger partial charge in [-0.3, -0.25) is 0 Å². The molecule has 2 aliphatic rings. The van der Waals surface area contributed by atoms with Crippen LogP contribution >= 0.6 is 0 Å². The Morgan fingerprint density at radius 1 is 1.23 bits per heavy atom. The SMILES string of the molecule is [CH2+][B-]1(C)n2c(C)cc(C)c2C(CC(C)C)=C2C(C)=CC(C)=[N+]21. The molecule has 1 atom stereocenters. The number of fused-ring (bicyclic) bond motifs is 2. The highest BCUT2D eigenvalue weighted by atomic mass is 15.2. The monoisotopic (exact) mass is 295 g/mol. The van der Waals surface area contributed by atoms with Gasteiger partial charge in [0.05, 0.1) is 0 Å². The maximum atomic E-state index is 4.65. The second kappa shape index (κ2) is 4.68. The second-order valence-electron chi connectivity index (χ2n) is 7.86. The van der Waals surface area contributed by atoms with Crippen LogP contribution in [0.5, 0.6) is 0 Å². The largest absolute Gasteiger partial charge is 0.557 e. The first-order chi connectivity index (χ1) is 10.2. The van der Waals surface area contributed by atoms with Gasteiger partial charge in [-0.25, -0.2) is 0 Å². The average molecular weight is 295 g/mol. The summed E-state index contributed by atoms with van der Waals surface area (Å²) in [5.41, 5.74) is 9.73. The Balaban J connectivity index is 2.42. The first-order valence-electron chi connectivity index (χ1n) is 8.47. The zero-order valence-electron chi connectivity index (χ0n) is 15.1. The molecule has 3 rings (SSSR count). The number of rotatable bonds is 2. The van der Waals surface area contributed by atoms with Crippen LogP contribution in [-0.4, -0.2) is 21.1 Å². The van der Waals surface area contributed by atoms with Crippen molar-refractivity contribution in [3.8, 4) is 0 Å². The number of hydrogen-bond donors (Lipinski definition) is 0. The van der Waals surface area contributed by atoms with Crippen LogP contribution in [0.3, 0.4) is 0 Å². The summed E-state index contributed by atoms with van der Waals surface area (Å²) in [4.78, 5) is 0. The molecule has 0 saturated heterocycles. The minimum atomic E-state index is -1.07. The van der Waals surface area contributed by atoms with E-state index >= 15 is 0 Å². The van der Waals surface area contributed by atoms with E-state index in [0.29, 0.717) is 5.92 Å². The van der Waals surface area contributed by atoms with Crippen LogP contribution in [-0.2, 0) is 0 Å². The Morgan fingerprint density at radius 3 is 2.45 bits per heavy atom. The van der Waals surface area contributed by atoms with Gasteiger partial charge in [0.25, 0.3) is 0 Å². The van der Waals surface area contributed by atoms with Crippen molar-refractivity contribution in [2.45, 2.75) is 54.8 Å². The number of hydrogen-bond acceptors (Lipinski definition) is 0. The number of aromatic nitrogens is 1. The molecule has 3 heterocycles. The highest BCUT2D eigenvalue weighted by Gasteiger charge is 2.51. The lowest BCUT2D eigenvalue weighted by atomic mass is 9.48. The normalized spacial score (nSPS) is 24.1. The van der Waals surface area contributed by atoms with Crippen molar-refractivity contribution in [3.63, 3.8) is 0 Å². The van der Waals surface area contributed by atoms with E-state index in [2.05, 4.69) is 76.3 Å². The minimum Gasteiger partial charge on any atom is -0.413 e. The Hall–Kier alpha value is -1.64. The molecule has 0 fully saturated rings. The molecule has 0 aliphatic carbocycles. The Labute approximate surface area is 135 Å². The number of aryl methyl sites for hydroxylation is 2. The van der Waals surface area contributed by atoms with Crippen LogP contribution in [0.1, 0.15) is 51.1 Å². The third-order valence-electron chi connectivity index (χ3n) is 5.14. The van der Waals surface area contributed by atoms with E-state index in [4.69, 9.17) is 0 Å². The summed E-state index contributed by atoms with van der Waals surface area (Å²) in [6.07, 6.45) is 2.36. The molecule has 22 heavy (non-hydrogen) atoms. The van der Waals surface area contributed by atoms with Crippen molar-refractivity contribution in [1.82, 2.24) is 4.48 Å². The summed E-state index contributed by atoms with van der Waals surface area (Å²) >= 11 is 0. The fourth-order valence-corrected chi connectivity index (χ4v) is 4.66. The maximum absolute atomic E-state index is 4.65. The van der Waals surface area contributed by atoms with Gasteiger partial charge in [0.15, 0.2) is 5.70 Å². The molecule has 2 nitrogen and oxygen atoms in total. The summed E-state index contributed by atoms with van der Waals surface area (Å²) in [6, 6.07) is 2.32. The molecule has 3 heteroatoms. The number of nitrogens with zero attached hydrogens (tertiary/aromatic N) is 2. The van der Waals surface area contributed by atoms with Crippen LogP contribution in [0.2, 0.25) is 6.82 Å². The van der Waals surface area contributed by atoms with Crippen LogP contribution in [0.25, 0.3) is 5.57 Å². The van der Waals surface area contributed by atoms with Gasteiger partial charge in [0.2, 0.25) is 0 Å². The maximum Gasteiger partial charge on any atom is 0.557 e. The zero-order valence-corrected chi connectivity index (χ0v) is 15.1. The van der Waals surface area contributed by atoms with Gasteiger partial charge < -0.3 is 8.96 Å². The van der Waals surface area contributed by atoms with Gasteiger partial charge in [-0.2, -0.15) is 0 Å². The summed E-state index contributed by atoms with van der Waals surface area (Å²) in [6.45, 7) is 20.5. The molecule has 1 aromatic rings. The highest BCUT2D eigenvalue weighted by molar-refractivity contribution is 6.73. The van der Waals surface area contributed by atoms with Crippen molar-refractivity contribution < 1.29 is 4.49 Å². The Bertz CT molecular complexity index is 755. The molecular weight excluding hydrogens is 267 g/mol. The standard InChI is InChI=1S/C19H28BN2/c1-12(2)9-17-18-13(3)10-15(5)21(18)20(7,8)22-16(6)11-14(4)19(17)22/h10-12H,7,9H2,1-6,8H3/q+1. The molecule has 2 aliphatic heterocycles. The van der Waals surface area contributed by atoms with E-state index in [1.165, 1.54) is 39.5 Å². The summed E-state index contributed by atoms with van der Waals surface area (Å²) < 4.78 is 4.99. The predicted octanol–water partition coefficient (Wildman–Crippen LogP) is 4.60. The second-order valence-corrected chi connectivity index (χ2v) is 7.86. The fraction of sp³-hybridized carbons (Fsp3) is 0.474. The van der Waals surface area contributed by atoms with E-state index in [9.17, 15) is 0 Å². The lowest BCUT2D eigenvalue weighted by Crippen LogP contribution is -2.53. The minimum absolute atomic E-state index is 0.641. The first kappa shape index (κ1) is 15.3. The predicted molar refractivity (Wildman–Crippen MR) is 97.4 cm³/mol. The Morgan fingerprint density at radius 2 is 1.86 bits per heavy atom. The Kier molecular flexibility index (Phi) is 3.25. The third-order valence-corrected chi connectivity index (χ3v) is 5.14. The highest BCUT2D eigenvalue weighted by Crippen LogP contribution is 2.42. The van der Waals surface area contributed by atoms with Gasteiger partial charge in [0, 0.05) is 29.8 Å². The molecule has 0 radical (unpaired) electrons. The molecule has 0 aromatic carbocycles. The van der Waals surface area contributed by atoms with Crippen LogP contribution in [0.15, 0.2) is 23.4 Å². The summed E-state index contributed by atoms with van der Waals surface area (Å²) in [7, 11) is 0.